The second kappa shape index (κ2) is 6.20. The smallest absolute Gasteiger partial charge is 0.312 e. The van der Waals surface area contributed by atoms with E-state index in [1.54, 1.807) is 0 Å². The molecule has 1 heterocycles. The third-order valence-corrected chi connectivity index (χ3v) is 4.10. The summed E-state index contributed by atoms with van der Waals surface area (Å²) >= 11 is 0. The van der Waals surface area contributed by atoms with Gasteiger partial charge in [0, 0.05) is 12.6 Å². The maximum absolute atomic E-state index is 11.5. The first-order valence-electron chi connectivity index (χ1n) is 7.11. The molecule has 3 heteroatoms. The lowest BCUT2D eigenvalue weighted by Gasteiger charge is -2.30. The summed E-state index contributed by atoms with van der Waals surface area (Å²) in [7, 11) is 0. The van der Waals surface area contributed by atoms with Crippen molar-refractivity contribution in [2.45, 2.75) is 38.6 Å². The first-order valence-corrected chi connectivity index (χ1v) is 7.11. The Morgan fingerprint density at radius 3 is 2.63 bits per heavy atom. The molecule has 1 aromatic rings. The zero-order chi connectivity index (χ0) is 13.8. The average molecular weight is 261 g/mol. The first kappa shape index (κ1) is 14.1. The molecule has 0 radical (unpaired) electrons. The zero-order valence-corrected chi connectivity index (χ0v) is 11.7. The van der Waals surface area contributed by atoms with E-state index in [1.165, 1.54) is 12.8 Å². The van der Waals surface area contributed by atoms with Crippen molar-refractivity contribution in [1.82, 2.24) is 4.90 Å². The summed E-state index contributed by atoms with van der Waals surface area (Å²) in [6, 6.07) is 10.1. The van der Waals surface area contributed by atoms with Gasteiger partial charge < -0.3 is 5.11 Å². The van der Waals surface area contributed by atoms with Gasteiger partial charge in [-0.1, -0.05) is 44.2 Å². The predicted octanol–water partition coefficient (Wildman–Crippen LogP) is 2.98. The van der Waals surface area contributed by atoms with Gasteiger partial charge >= 0.3 is 5.97 Å². The zero-order valence-electron chi connectivity index (χ0n) is 11.7. The number of hydrogen-bond donors (Lipinski definition) is 1. The van der Waals surface area contributed by atoms with Gasteiger partial charge in [0.05, 0.1) is 5.92 Å². The normalized spacial score (nSPS) is 21.7. The molecule has 104 valence electrons. The third kappa shape index (κ3) is 3.35. The lowest BCUT2D eigenvalue weighted by molar-refractivity contribution is -0.139. The summed E-state index contributed by atoms with van der Waals surface area (Å²) in [5, 5.41) is 9.49. The molecular weight excluding hydrogens is 238 g/mol. The maximum atomic E-state index is 11.5. The lowest BCUT2D eigenvalue weighted by Crippen LogP contribution is -2.38. The van der Waals surface area contributed by atoms with Crippen molar-refractivity contribution in [1.29, 1.82) is 0 Å². The molecule has 2 unspecified atom stereocenters. The highest BCUT2D eigenvalue weighted by Gasteiger charge is 2.31. The number of aliphatic carboxylic acids is 1. The number of carboxylic acids is 1. The molecule has 1 aliphatic heterocycles. The van der Waals surface area contributed by atoms with E-state index in [0.29, 0.717) is 18.5 Å². The van der Waals surface area contributed by atoms with Crippen molar-refractivity contribution in [3.8, 4) is 0 Å². The van der Waals surface area contributed by atoms with Crippen LogP contribution < -0.4 is 0 Å². The van der Waals surface area contributed by atoms with Crippen molar-refractivity contribution in [2.24, 2.45) is 5.92 Å². The fourth-order valence-electron chi connectivity index (χ4n) is 3.08. The largest absolute Gasteiger partial charge is 0.481 e. The average Bonchev–Trinajstić information content (AvgIpc) is 2.85. The molecule has 1 N–H and O–H groups in total. The summed E-state index contributed by atoms with van der Waals surface area (Å²) in [5.41, 5.74) is 0.907. The third-order valence-electron chi connectivity index (χ3n) is 4.10. The van der Waals surface area contributed by atoms with Crippen LogP contribution in [-0.4, -0.2) is 35.1 Å². The molecule has 0 aliphatic carbocycles. The van der Waals surface area contributed by atoms with Gasteiger partial charge in [-0.2, -0.15) is 0 Å². The van der Waals surface area contributed by atoms with E-state index in [4.69, 9.17) is 0 Å². The predicted molar refractivity (Wildman–Crippen MR) is 76.3 cm³/mol. The Morgan fingerprint density at radius 2 is 2.05 bits per heavy atom. The Bertz CT molecular complexity index is 416. The second-order valence-corrected chi connectivity index (χ2v) is 5.75. The number of carbonyl (C=O) groups is 1. The quantitative estimate of drug-likeness (QED) is 0.886. The van der Waals surface area contributed by atoms with Crippen LogP contribution in [0.5, 0.6) is 0 Å². The van der Waals surface area contributed by atoms with Gasteiger partial charge in [-0.05, 0) is 30.9 Å². The number of nitrogens with zero attached hydrogens (tertiary/aromatic N) is 1. The maximum Gasteiger partial charge on any atom is 0.312 e. The lowest BCUT2D eigenvalue weighted by atomic mass is 9.96. The van der Waals surface area contributed by atoms with Gasteiger partial charge in [0.1, 0.15) is 0 Å². The van der Waals surface area contributed by atoms with Crippen LogP contribution in [0.2, 0.25) is 0 Å². The molecule has 0 bridgehead atoms. The highest BCUT2D eigenvalue weighted by atomic mass is 16.4. The molecule has 1 saturated heterocycles. The van der Waals surface area contributed by atoms with Crippen LogP contribution in [0.25, 0.3) is 0 Å². The van der Waals surface area contributed by atoms with Gasteiger partial charge in [-0.3, -0.25) is 9.69 Å². The Kier molecular flexibility index (Phi) is 4.59. The van der Waals surface area contributed by atoms with E-state index in [-0.39, 0.29) is 0 Å². The van der Waals surface area contributed by atoms with Crippen molar-refractivity contribution in [2.75, 3.05) is 13.1 Å². The first-order chi connectivity index (χ1) is 9.09. The van der Waals surface area contributed by atoms with Crippen LogP contribution in [0.1, 0.15) is 38.2 Å². The summed E-state index contributed by atoms with van der Waals surface area (Å²) in [5.74, 6) is -0.547. The van der Waals surface area contributed by atoms with E-state index >= 15 is 0 Å². The molecule has 0 saturated carbocycles. The van der Waals surface area contributed by atoms with Crippen LogP contribution >= 0.6 is 0 Å². The minimum atomic E-state index is -0.722. The number of carboxylic acid groups (broad SMARTS) is 1. The van der Waals surface area contributed by atoms with Gasteiger partial charge in [-0.15, -0.1) is 0 Å². The molecule has 0 amide bonds. The molecule has 19 heavy (non-hydrogen) atoms. The van der Waals surface area contributed by atoms with E-state index in [1.807, 2.05) is 30.3 Å². The monoisotopic (exact) mass is 261 g/mol. The van der Waals surface area contributed by atoms with Gasteiger partial charge in [0.15, 0.2) is 0 Å². The van der Waals surface area contributed by atoms with Gasteiger partial charge in [0.25, 0.3) is 0 Å². The summed E-state index contributed by atoms with van der Waals surface area (Å²) in [4.78, 5) is 13.9. The molecule has 1 fully saturated rings. The van der Waals surface area contributed by atoms with E-state index < -0.39 is 11.9 Å². The Morgan fingerprint density at radius 1 is 1.37 bits per heavy atom. The molecule has 1 aromatic carbocycles. The van der Waals surface area contributed by atoms with Crippen LogP contribution in [0, 0.1) is 5.92 Å². The fourth-order valence-corrected chi connectivity index (χ4v) is 3.08. The molecule has 2 atom stereocenters. The topological polar surface area (TPSA) is 40.5 Å². The molecular formula is C16H23NO2. The molecule has 2 rings (SSSR count). The van der Waals surface area contributed by atoms with E-state index in [0.717, 1.165) is 12.1 Å². The van der Waals surface area contributed by atoms with Crippen LogP contribution in [0.3, 0.4) is 0 Å². The Labute approximate surface area is 115 Å². The number of benzene rings is 1. The van der Waals surface area contributed by atoms with E-state index in [9.17, 15) is 9.90 Å². The molecule has 0 spiro atoms. The van der Waals surface area contributed by atoms with Crippen molar-refractivity contribution in [3.05, 3.63) is 35.9 Å². The minimum absolute atomic E-state index is 0.416. The van der Waals surface area contributed by atoms with E-state index in [2.05, 4.69) is 18.7 Å². The number of hydrogen-bond acceptors (Lipinski definition) is 2. The Balaban J connectivity index is 2.11. The van der Waals surface area contributed by atoms with Crippen molar-refractivity contribution in [3.63, 3.8) is 0 Å². The summed E-state index contributed by atoms with van der Waals surface area (Å²) < 4.78 is 0. The van der Waals surface area contributed by atoms with Crippen molar-refractivity contribution >= 4 is 5.97 Å². The number of rotatable bonds is 5. The van der Waals surface area contributed by atoms with Gasteiger partial charge in [0.2, 0.25) is 0 Å². The standard InChI is InChI=1S/C16H23NO2/c1-12(2)15-9-6-10-17(15)11-14(16(18)19)13-7-4-3-5-8-13/h3-5,7-8,12,14-15H,6,9-11H2,1-2H3,(H,18,19). The minimum Gasteiger partial charge on any atom is -0.481 e. The Hall–Kier alpha value is -1.35. The number of likely N-dealkylation sites (tertiary alicyclic amines) is 1. The highest BCUT2D eigenvalue weighted by molar-refractivity contribution is 5.76. The summed E-state index contributed by atoms with van der Waals surface area (Å²) in [6.45, 7) is 6.10. The second-order valence-electron chi connectivity index (χ2n) is 5.75. The SMILES string of the molecule is CC(C)C1CCCN1CC(C(=O)O)c1ccccc1. The molecule has 1 aliphatic rings. The molecule has 0 aromatic heterocycles. The van der Waals surface area contributed by atoms with Crippen LogP contribution in [-0.2, 0) is 4.79 Å². The van der Waals surface area contributed by atoms with Crippen molar-refractivity contribution < 1.29 is 9.90 Å². The fraction of sp³-hybridized carbons (Fsp3) is 0.562. The highest BCUT2D eigenvalue weighted by Crippen LogP contribution is 2.27. The van der Waals surface area contributed by atoms with Crippen LogP contribution in [0.4, 0.5) is 0 Å². The molecule has 3 nitrogen and oxygen atoms in total. The summed E-state index contributed by atoms with van der Waals surface area (Å²) in [6.07, 6.45) is 2.38. The van der Waals surface area contributed by atoms with Crippen LogP contribution in [0.15, 0.2) is 30.3 Å². The van der Waals surface area contributed by atoms with Gasteiger partial charge in [-0.25, -0.2) is 0 Å².